The van der Waals surface area contributed by atoms with E-state index in [0.717, 1.165) is 10.4 Å². The highest BCUT2D eigenvalue weighted by atomic mass is 79.9. The standard InChI is InChI=1S/C10H10BrN3O5S/c11-7-3-8(14(16)17)5-9(4-7)20(18,19)13-2-1-12-10(15)6-13/h3-5H,1-2,6H2,(H,12,15). The van der Waals surface area contributed by atoms with Crippen molar-refractivity contribution >= 4 is 37.5 Å². The minimum Gasteiger partial charge on any atom is -0.354 e. The van der Waals surface area contributed by atoms with E-state index in [1.165, 1.54) is 12.1 Å². The van der Waals surface area contributed by atoms with Crippen molar-refractivity contribution in [2.24, 2.45) is 0 Å². The summed E-state index contributed by atoms with van der Waals surface area (Å²) in [6, 6.07) is 3.46. The Labute approximate surface area is 123 Å². The molecule has 1 N–H and O–H groups in total. The quantitative estimate of drug-likeness (QED) is 0.620. The number of non-ortho nitro benzene ring substituents is 1. The summed E-state index contributed by atoms with van der Waals surface area (Å²) in [4.78, 5) is 21.1. The van der Waals surface area contributed by atoms with Crippen molar-refractivity contribution in [2.45, 2.75) is 4.90 Å². The molecule has 1 aliphatic heterocycles. The SMILES string of the molecule is O=C1CN(S(=O)(=O)c2cc(Br)cc([N+](=O)[O-])c2)CCN1. The first-order valence-electron chi connectivity index (χ1n) is 5.52. The van der Waals surface area contributed by atoms with Gasteiger partial charge in [-0.05, 0) is 6.07 Å². The van der Waals surface area contributed by atoms with Crippen molar-refractivity contribution in [2.75, 3.05) is 19.6 Å². The highest BCUT2D eigenvalue weighted by Crippen LogP contribution is 2.26. The number of nitrogens with zero attached hydrogens (tertiary/aromatic N) is 2. The van der Waals surface area contributed by atoms with Crippen LogP contribution in [0.2, 0.25) is 0 Å². The van der Waals surface area contributed by atoms with E-state index >= 15 is 0 Å². The van der Waals surface area contributed by atoms with Crippen LogP contribution in [-0.2, 0) is 14.8 Å². The van der Waals surface area contributed by atoms with E-state index in [1.807, 2.05) is 0 Å². The van der Waals surface area contributed by atoms with Gasteiger partial charge in [0.15, 0.2) is 0 Å². The van der Waals surface area contributed by atoms with Gasteiger partial charge >= 0.3 is 0 Å². The summed E-state index contributed by atoms with van der Waals surface area (Å²) in [6.07, 6.45) is 0. The average Bonchev–Trinajstić information content (AvgIpc) is 2.38. The zero-order valence-electron chi connectivity index (χ0n) is 10.1. The number of nitro groups is 1. The van der Waals surface area contributed by atoms with E-state index in [2.05, 4.69) is 21.2 Å². The molecule has 0 saturated carbocycles. The van der Waals surface area contributed by atoms with Gasteiger partial charge in [0.2, 0.25) is 15.9 Å². The van der Waals surface area contributed by atoms with Crippen LogP contribution < -0.4 is 5.32 Å². The number of carbonyl (C=O) groups excluding carboxylic acids is 1. The lowest BCUT2D eigenvalue weighted by molar-refractivity contribution is -0.385. The van der Waals surface area contributed by atoms with Crippen molar-refractivity contribution < 1.29 is 18.1 Å². The van der Waals surface area contributed by atoms with E-state index in [9.17, 15) is 23.3 Å². The van der Waals surface area contributed by atoms with Crippen LogP contribution in [0.4, 0.5) is 5.69 Å². The van der Waals surface area contributed by atoms with Crippen molar-refractivity contribution in [1.29, 1.82) is 0 Å². The van der Waals surface area contributed by atoms with Crippen LogP contribution in [0.15, 0.2) is 27.6 Å². The topological polar surface area (TPSA) is 110 Å². The summed E-state index contributed by atoms with van der Waals surface area (Å²) in [5, 5.41) is 13.3. The van der Waals surface area contributed by atoms with Crippen molar-refractivity contribution in [1.82, 2.24) is 9.62 Å². The second-order valence-corrected chi connectivity index (χ2v) is 6.94. The molecule has 8 nitrogen and oxygen atoms in total. The van der Waals surface area contributed by atoms with E-state index < -0.39 is 20.9 Å². The number of hydrogen-bond donors (Lipinski definition) is 1. The Morgan fingerprint density at radius 1 is 1.35 bits per heavy atom. The normalized spacial score (nSPS) is 16.8. The lowest BCUT2D eigenvalue weighted by Gasteiger charge is -2.25. The number of carbonyl (C=O) groups is 1. The molecule has 0 bridgehead atoms. The van der Waals surface area contributed by atoms with Crippen LogP contribution >= 0.6 is 15.9 Å². The van der Waals surface area contributed by atoms with Gasteiger partial charge in [-0.25, -0.2) is 8.42 Å². The number of piperazine rings is 1. The Bertz CT molecular complexity index is 675. The van der Waals surface area contributed by atoms with Gasteiger partial charge in [-0.2, -0.15) is 4.31 Å². The highest BCUT2D eigenvalue weighted by Gasteiger charge is 2.30. The zero-order chi connectivity index (χ0) is 14.9. The molecule has 0 unspecified atom stereocenters. The molecule has 2 rings (SSSR count). The molecule has 10 heteroatoms. The largest absolute Gasteiger partial charge is 0.354 e. The molecule has 0 aromatic heterocycles. The van der Waals surface area contributed by atoms with E-state index in [4.69, 9.17) is 0 Å². The fraction of sp³-hybridized carbons (Fsp3) is 0.300. The Balaban J connectivity index is 2.43. The summed E-state index contributed by atoms with van der Waals surface area (Å²) in [7, 11) is -3.94. The predicted molar refractivity (Wildman–Crippen MR) is 72.6 cm³/mol. The first-order valence-corrected chi connectivity index (χ1v) is 7.76. The van der Waals surface area contributed by atoms with Crippen LogP contribution in [0.3, 0.4) is 0 Å². The minimum atomic E-state index is -3.94. The predicted octanol–water partition coefficient (Wildman–Crippen LogP) is 0.478. The minimum absolute atomic E-state index is 0.133. The van der Waals surface area contributed by atoms with E-state index in [-0.39, 0.29) is 34.7 Å². The molecule has 1 aromatic carbocycles. The number of sulfonamides is 1. The van der Waals surface area contributed by atoms with Crippen LogP contribution in [0, 0.1) is 10.1 Å². The van der Waals surface area contributed by atoms with Gasteiger partial charge in [0.25, 0.3) is 5.69 Å². The third-order valence-corrected chi connectivity index (χ3v) is 4.99. The van der Waals surface area contributed by atoms with Gasteiger partial charge in [-0.3, -0.25) is 14.9 Å². The van der Waals surface area contributed by atoms with E-state index in [1.54, 1.807) is 0 Å². The van der Waals surface area contributed by atoms with Gasteiger partial charge in [0.05, 0.1) is 16.4 Å². The second-order valence-electron chi connectivity index (χ2n) is 4.09. The number of hydrogen-bond acceptors (Lipinski definition) is 5. The van der Waals surface area contributed by atoms with Crippen LogP contribution in [0.1, 0.15) is 0 Å². The summed E-state index contributed by atoms with van der Waals surface area (Å²) in [6.45, 7) is 0.0607. The highest BCUT2D eigenvalue weighted by molar-refractivity contribution is 9.10. The number of rotatable bonds is 3. The number of halogens is 1. The smallest absolute Gasteiger partial charge is 0.271 e. The Kier molecular flexibility index (Phi) is 4.06. The summed E-state index contributed by atoms with van der Waals surface area (Å²) in [5.41, 5.74) is -0.334. The third kappa shape index (κ3) is 2.97. The summed E-state index contributed by atoms with van der Waals surface area (Å²) in [5.74, 6) is -0.399. The van der Waals surface area contributed by atoms with Crippen molar-refractivity contribution in [3.63, 3.8) is 0 Å². The van der Waals surface area contributed by atoms with Gasteiger partial charge in [-0.1, -0.05) is 15.9 Å². The monoisotopic (exact) mass is 363 g/mol. The molecule has 108 valence electrons. The maximum Gasteiger partial charge on any atom is 0.271 e. The number of benzene rings is 1. The maximum absolute atomic E-state index is 12.4. The first kappa shape index (κ1) is 14.9. The summed E-state index contributed by atoms with van der Waals surface area (Å²) >= 11 is 3.04. The number of amides is 1. The summed E-state index contributed by atoms with van der Waals surface area (Å²) < 4.78 is 26.0. The first-order chi connectivity index (χ1) is 9.30. The lowest BCUT2D eigenvalue weighted by atomic mass is 10.3. The van der Waals surface area contributed by atoms with Gasteiger partial charge in [0, 0.05) is 29.7 Å². The fourth-order valence-electron chi connectivity index (χ4n) is 1.77. The van der Waals surface area contributed by atoms with Gasteiger partial charge in [-0.15, -0.1) is 0 Å². The zero-order valence-corrected chi connectivity index (χ0v) is 12.5. The molecule has 0 aliphatic carbocycles. The van der Waals surface area contributed by atoms with Crippen LogP contribution in [0.25, 0.3) is 0 Å². The van der Waals surface area contributed by atoms with Crippen molar-refractivity contribution in [3.8, 4) is 0 Å². The second kappa shape index (κ2) is 5.46. The lowest BCUT2D eigenvalue weighted by Crippen LogP contribution is -2.49. The molecule has 1 fully saturated rings. The molecule has 1 aromatic rings. The molecule has 1 amide bonds. The molecule has 0 radical (unpaired) electrons. The maximum atomic E-state index is 12.4. The molecule has 0 atom stereocenters. The molecular formula is C10H10BrN3O5S. The van der Waals surface area contributed by atoms with E-state index in [0.29, 0.717) is 0 Å². The third-order valence-electron chi connectivity index (χ3n) is 2.71. The molecule has 20 heavy (non-hydrogen) atoms. The average molecular weight is 364 g/mol. The van der Waals surface area contributed by atoms with Gasteiger partial charge < -0.3 is 5.32 Å². The van der Waals surface area contributed by atoms with Crippen LogP contribution in [0.5, 0.6) is 0 Å². The fourth-order valence-corrected chi connectivity index (χ4v) is 3.87. The molecule has 0 spiro atoms. The Morgan fingerprint density at radius 2 is 2.05 bits per heavy atom. The van der Waals surface area contributed by atoms with Crippen LogP contribution in [-0.4, -0.2) is 43.2 Å². The molecule has 1 saturated heterocycles. The number of nitro benzene ring substituents is 1. The van der Waals surface area contributed by atoms with Gasteiger partial charge in [0.1, 0.15) is 0 Å². The molecule has 1 aliphatic rings. The number of nitrogens with one attached hydrogen (secondary N) is 1. The van der Waals surface area contributed by atoms with Crippen molar-refractivity contribution in [3.05, 3.63) is 32.8 Å². The Morgan fingerprint density at radius 3 is 2.65 bits per heavy atom. The molecular weight excluding hydrogens is 354 g/mol. The Hall–Kier alpha value is -1.52. The molecule has 1 heterocycles.